The lowest BCUT2D eigenvalue weighted by molar-refractivity contribution is -0.112. The van der Waals surface area contributed by atoms with Crippen LogP contribution in [-0.2, 0) is 4.79 Å². The number of hydrogen-bond donors (Lipinski definition) is 1. The second-order valence-electron chi connectivity index (χ2n) is 2.49. The van der Waals surface area contributed by atoms with Crippen molar-refractivity contribution in [2.45, 2.75) is 18.9 Å². The smallest absolute Gasteiger partial charge is 0.242 e. The minimum Gasteiger partial charge on any atom is -0.317 e. The van der Waals surface area contributed by atoms with Gasteiger partial charge in [0, 0.05) is 0 Å². The second-order valence-corrected chi connectivity index (χ2v) is 2.86. The molecule has 1 atom stereocenters. The summed E-state index contributed by atoms with van der Waals surface area (Å²) in [6, 6.07) is -0.610. The molecule has 0 spiro atoms. The third-order valence-electron chi connectivity index (χ3n) is 1.69. The Morgan fingerprint density at radius 2 is 2.45 bits per heavy atom. The van der Waals surface area contributed by atoms with Gasteiger partial charge in [-0.2, -0.15) is 0 Å². The summed E-state index contributed by atoms with van der Waals surface area (Å²) in [7, 11) is 0. The van der Waals surface area contributed by atoms with Gasteiger partial charge >= 0.3 is 0 Å². The third kappa shape index (κ3) is 2.17. The molecule has 11 heavy (non-hydrogen) atoms. The number of hydrogen-bond acceptors (Lipinski definition) is 2. The van der Waals surface area contributed by atoms with E-state index in [2.05, 4.69) is 0 Å². The molecule has 0 aromatic rings. The predicted molar refractivity (Wildman–Crippen MR) is 45.3 cm³/mol. The van der Waals surface area contributed by atoms with Gasteiger partial charge in [0.2, 0.25) is 5.24 Å². The van der Waals surface area contributed by atoms with Crippen LogP contribution in [0.15, 0.2) is 23.8 Å². The minimum atomic E-state index is -0.610. The zero-order valence-electron chi connectivity index (χ0n) is 6.09. The van der Waals surface area contributed by atoms with Gasteiger partial charge in [-0.15, -0.1) is 0 Å². The van der Waals surface area contributed by atoms with Crippen LogP contribution in [0, 0.1) is 0 Å². The molecule has 0 saturated heterocycles. The van der Waals surface area contributed by atoms with Gasteiger partial charge in [0.15, 0.2) is 0 Å². The summed E-state index contributed by atoms with van der Waals surface area (Å²) < 4.78 is 0. The molecule has 1 aliphatic carbocycles. The summed E-state index contributed by atoms with van der Waals surface area (Å²) in [5.41, 5.74) is 6.43. The van der Waals surface area contributed by atoms with E-state index < -0.39 is 11.3 Å². The van der Waals surface area contributed by atoms with Crippen molar-refractivity contribution in [1.82, 2.24) is 0 Å². The molecule has 0 bridgehead atoms. The van der Waals surface area contributed by atoms with E-state index in [-0.39, 0.29) is 0 Å². The van der Waals surface area contributed by atoms with E-state index in [1.807, 2.05) is 18.2 Å². The van der Waals surface area contributed by atoms with E-state index in [1.54, 1.807) is 0 Å². The summed E-state index contributed by atoms with van der Waals surface area (Å²) in [6.07, 6.45) is 7.59. The number of nitrogens with two attached hydrogens (primary N) is 1. The van der Waals surface area contributed by atoms with Crippen LogP contribution in [0.3, 0.4) is 0 Å². The Hall–Kier alpha value is -0.600. The summed E-state index contributed by atoms with van der Waals surface area (Å²) in [6.45, 7) is 0. The molecule has 1 unspecified atom stereocenters. The molecule has 0 radical (unpaired) electrons. The topological polar surface area (TPSA) is 43.1 Å². The van der Waals surface area contributed by atoms with Gasteiger partial charge in [-0.25, -0.2) is 0 Å². The molecule has 60 valence electrons. The molecule has 2 N–H and O–H groups in total. The van der Waals surface area contributed by atoms with Crippen molar-refractivity contribution in [2.24, 2.45) is 5.73 Å². The molecule has 2 nitrogen and oxygen atoms in total. The lowest BCUT2D eigenvalue weighted by Gasteiger charge is -2.12. The molecular formula is C8H10ClNO. The zero-order chi connectivity index (χ0) is 8.27. The van der Waals surface area contributed by atoms with Gasteiger partial charge in [0.05, 0.1) is 0 Å². The lowest BCUT2D eigenvalue weighted by Crippen LogP contribution is -2.29. The molecule has 0 heterocycles. The maximum Gasteiger partial charge on any atom is 0.242 e. The summed E-state index contributed by atoms with van der Waals surface area (Å²) in [5.74, 6) is 0. The largest absolute Gasteiger partial charge is 0.317 e. The fraction of sp³-hybridized carbons (Fsp3) is 0.375. The van der Waals surface area contributed by atoms with Crippen LogP contribution >= 0.6 is 11.6 Å². The van der Waals surface area contributed by atoms with Crippen molar-refractivity contribution in [3.8, 4) is 0 Å². The summed E-state index contributed by atoms with van der Waals surface area (Å²) >= 11 is 5.23. The first-order valence-electron chi connectivity index (χ1n) is 3.52. The van der Waals surface area contributed by atoms with Crippen LogP contribution in [0.5, 0.6) is 0 Å². The van der Waals surface area contributed by atoms with E-state index in [4.69, 9.17) is 17.3 Å². The van der Waals surface area contributed by atoms with Crippen LogP contribution in [-0.4, -0.2) is 11.3 Å². The Morgan fingerprint density at radius 3 is 2.91 bits per heavy atom. The van der Waals surface area contributed by atoms with Crippen molar-refractivity contribution in [3.63, 3.8) is 0 Å². The highest BCUT2D eigenvalue weighted by Crippen LogP contribution is 2.15. The fourth-order valence-corrected chi connectivity index (χ4v) is 1.17. The highest BCUT2D eigenvalue weighted by molar-refractivity contribution is 6.65. The van der Waals surface area contributed by atoms with Gasteiger partial charge in [-0.05, 0) is 30.0 Å². The van der Waals surface area contributed by atoms with E-state index >= 15 is 0 Å². The molecule has 1 rings (SSSR count). The lowest BCUT2D eigenvalue weighted by atomic mass is 9.99. The van der Waals surface area contributed by atoms with Crippen LogP contribution < -0.4 is 5.73 Å². The van der Waals surface area contributed by atoms with Gasteiger partial charge in [0.25, 0.3) is 0 Å². The molecule has 0 amide bonds. The van der Waals surface area contributed by atoms with E-state index in [0.29, 0.717) is 0 Å². The molecule has 0 aromatic heterocycles. The fourth-order valence-electron chi connectivity index (χ4n) is 1.03. The molecular weight excluding hydrogens is 162 g/mol. The number of rotatable bonds is 2. The Kier molecular flexibility index (Phi) is 2.85. The van der Waals surface area contributed by atoms with Crippen molar-refractivity contribution in [1.29, 1.82) is 0 Å². The van der Waals surface area contributed by atoms with Crippen LogP contribution in [0.1, 0.15) is 12.8 Å². The first-order chi connectivity index (χ1) is 5.22. The number of carbonyl (C=O) groups excluding carboxylic acids is 1. The Labute approximate surface area is 70.7 Å². The molecule has 0 aromatic carbocycles. The number of allylic oxidation sites excluding steroid dienone is 3. The maximum atomic E-state index is 10.6. The Bertz CT molecular complexity index is 220. The maximum absolute atomic E-state index is 10.6. The predicted octanol–water partition coefficient (Wildman–Crippen LogP) is 1.36. The molecule has 1 aliphatic rings. The molecule has 3 heteroatoms. The minimum absolute atomic E-state index is 0.480. The van der Waals surface area contributed by atoms with Crippen molar-refractivity contribution < 1.29 is 4.79 Å². The Morgan fingerprint density at radius 1 is 1.73 bits per heavy atom. The SMILES string of the molecule is NC(C(=O)Cl)C1=CC=CCC1. The average molecular weight is 172 g/mol. The molecule has 0 aliphatic heterocycles. The molecule has 0 fully saturated rings. The van der Waals surface area contributed by atoms with Gasteiger partial charge in [-0.3, -0.25) is 4.79 Å². The van der Waals surface area contributed by atoms with Crippen molar-refractivity contribution >= 4 is 16.8 Å². The first kappa shape index (κ1) is 8.50. The average Bonchev–Trinajstić information content (AvgIpc) is 2.05. The quantitative estimate of drug-likeness (QED) is 0.638. The van der Waals surface area contributed by atoms with Gasteiger partial charge in [-0.1, -0.05) is 18.2 Å². The summed E-state index contributed by atoms with van der Waals surface area (Å²) in [5, 5.41) is -0.480. The van der Waals surface area contributed by atoms with Crippen molar-refractivity contribution in [3.05, 3.63) is 23.8 Å². The highest BCUT2D eigenvalue weighted by atomic mass is 35.5. The van der Waals surface area contributed by atoms with Crippen molar-refractivity contribution in [2.75, 3.05) is 0 Å². The van der Waals surface area contributed by atoms with Crippen LogP contribution in [0.2, 0.25) is 0 Å². The van der Waals surface area contributed by atoms with Crippen LogP contribution in [0.25, 0.3) is 0 Å². The Balaban J connectivity index is 2.66. The number of halogens is 1. The standard InChI is InChI=1S/C8H10ClNO/c9-8(11)7(10)6-4-2-1-3-5-6/h1-2,4,7H,3,5,10H2. The second kappa shape index (κ2) is 3.69. The number of carbonyl (C=O) groups is 1. The van der Waals surface area contributed by atoms with Crippen LogP contribution in [0.4, 0.5) is 0 Å². The normalized spacial score (nSPS) is 19.3. The van der Waals surface area contributed by atoms with Gasteiger partial charge < -0.3 is 5.73 Å². The molecule has 0 saturated carbocycles. The zero-order valence-corrected chi connectivity index (χ0v) is 6.84. The van der Waals surface area contributed by atoms with E-state index in [1.165, 1.54) is 0 Å². The van der Waals surface area contributed by atoms with E-state index in [0.717, 1.165) is 18.4 Å². The van der Waals surface area contributed by atoms with Gasteiger partial charge in [0.1, 0.15) is 6.04 Å². The summed E-state index contributed by atoms with van der Waals surface area (Å²) in [4.78, 5) is 10.6. The third-order valence-corrected chi connectivity index (χ3v) is 1.93. The first-order valence-corrected chi connectivity index (χ1v) is 3.90. The highest BCUT2D eigenvalue weighted by Gasteiger charge is 2.15. The van der Waals surface area contributed by atoms with E-state index in [9.17, 15) is 4.79 Å². The monoisotopic (exact) mass is 171 g/mol.